The highest BCUT2D eigenvalue weighted by Crippen LogP contribution is 2.28. The lowest BCUT2D eigenvalue weighted by Crippen LogP contribution is -2.33. The minimum atomic E-state index is -0.221. The van der Waals surface area contributed by atoms with Crippen molar-refractivity contribution in [2.24, 2.45) is 10.7 Å². The van der Waals surface area contributed by atoms with Crippen LogP contribution in [0, 0.1) is 22.8 Å². The number of nitrogens with two attached hydrogens (primary N) is 1. The van der Waals surface area contributed by atoms with Gasteiger partial charge in [0, 0.05) is 0 Å². The molecule has 0 saturated carbocycles. The molecule has 0 bridgehead atoms. The van der Waals surface area contributed by atoms with Crippen LogP contribution < -0.4 is 10.6 Å². The fourth-order valence-electron chi connectivity index (χ4n) is 1.70. The maximum absolute atomic E-state index is 9.88. The Kier molecular flexibility index (Phi) is 4.03. The standard InChI is InChI=1S/C15H11N5O/c16-9-11-6-7-13(14(21)8-11)20(10-17)15(18)19-12-4-2-1-3-5-12/h1-8,21H,(H2,18,19). The van der Waals surface area contributed by atoms with Crippen molar-refractivity contribution >= 4 is 17.3 Å². The van der Waals surface area contributed by atoms with Crippen LogP contribution in [0.2, 0.25) is 0 Å². The molecular weight excluding hydrogens is 266 g/mol. The maximum atomic E-state index is 9.88. The molecule has 0 aliphatic carbocycles. The lowest BCUT2D eigenvalue weighted by atomic mass is 10.2. The Hall–Kier alpha value is -3.51. The van der Waals surface area contributed by atoms with Crippen molar-refractivity contribution in [2.75, 3.05) is 4.90 Å². The van der Waals surface area contributed by atoms with Gasteiger partial charge in [-0.05, 0) is 30.3 Å². The number of hydrogen-bond acceptors (Lipinski definition) is 4. The number of phenols is 1. The largest absolute Gasteiger partial charge is 0.506 e. The molecule has 0 radical (unpaired) electrons. The molecule has 0 saturated heterocycles. The molecule has 102 valence electrons. The summed E-state index contributed by atoms with van der Waals surface area (Å²) in [5.41, 5.74) is 6.84. The van der Waals surface area contributed by atoms with Gasteiger partial charge in [-0.15, -0.1) is 0 Å². The second-order valence-corrected chi connectivity index (χ2v) is 4.06. The van der Waals surface area contributed by atoms with Gasteiger partial charge in [-0.3, -0.25) is 0 Å². The zero-order chi connectivity index (χ0) is 15.2. The second-order valence-electron chi connectivity index (χ2n) is 4.06. The molecule has 0 amide bonds. The molecule has 0 aromatic heterocycles. The summed E-state index contributed by atoms with van der Waals surface area (Å²) in [5, 5.41) is 27.9. The minimum Gasteiger partial charge on any atom is -0.506 e. The van der Waals surface area contributed by atoms with E-state index in [4.69, 9.17) is 11.0 Å². The molecule has 0 heterocycles. The van der Waals surface area contributed by atoms with Crippen LogP contribution >= 0.6 is 0 Å². The first-order valence-electron chi connectivity index (χ1n) is 5.98. The highest BCUT2D eigenvalue weighted by atomic mass is 16.3. The van der Waals surface area contributed by atoms with Gasteiger partial charge in [0.1, 0.15) is 11.4 Å². The molecule has 0 unspecified atom stereocenters. The second kappa shape index (κ2) is 6.09. The van der Waals surface area contributed by atoms with Gasteiger partial charge in [-0.25, -0.2) is 9.89 Å². The zero-order valence-electron chi connectivity index (χ0n) is 10.9. The smallest absolute Gasteiger partial charge is 0.214 e. The van der Waals surface area contributed by atoms with Crippen LogP contribution in [0.5, 0.6) is 5.75 Å². The van der Waals surface area contributed by atoms with E-state index in [1.807, 2.05) is 18.3 Å². The lowest BCUT2D eigenvalue weighted by molar-refractivity contribution is 0.476. The van der Waals surface area contributed by atoms with Crippen LogP contribution in [0.25, 0.3) is 0 Å². The summed E-state index contributed by atoms with van der Waals surface area (Å²) < 4.78 is 0. The minimum absolute atomic E-state index is 0.0799. The van der Waals surface area contributed by atoms with Gasteiger partial charge in [0.15, 0.2) is 6.19 Å². The Morgan fingerprint density at radius 1 is 1.14 bits per heavy atom. The highest BCUT2D eigenvalue weighted by molar-refractivity contribution is 6.00. The number of para-hydroxylation sites is 1. The molecular formula is C15H11N5O. The number of nitriles is 2. The Morgan fingerprint density at radius 3 is 2.43 bits per heavy atom. The summed E-state index contributed by atoms with van der Waals surface area (Å²) in [4.78, 5) is 5.10. The van der Waals surface area contributed by atoms with Crippen LogP contribution in [-0.4, -0.2) is 11.1 Å². The molecule has 6 nitrogen and oxygen atoms in total. The third kappa shape index (κ3) is 3.09. The molecule has 0 fully saturated rings. The summed E-state index contributed by atoms with van der Waals surface area (Å²) in [6.45, 7) is 0. The van der Waals surface area contributed by atoms with E-state index in [9.17, 15) is 10.4 Å². The van der Waals surface area contributed by atoms with Gasteiger partial charge in [0.2, 0.25) is 5.96 Å². The molecule has 2 aromatic rings. The Bertz CT molecular complexity index is 756. The Morgan fingerprint density at radius 2 is 1.86 bits per heavy atom. The third-order valence-corrected chi connectivity index (χ3v) is 2.67. The van der Waals surface area contributed by atoms with Crippen molar-refractivity contribution in [2.45, 2.75) is 0 Å². The van der Waals surface area contributed by atoms with E-state index in [1.54, 1.807) is 24.3 Å². The number of nitrogens with zero attached hydrogens (tertiary/aromatic N) is 4. The number of aliphatic imine (C=N–C) groups is 1. The zero-order valence-corrected chi connectivity index (χ0v) is 10.9. The lowest BCUT2D eigenvalue weighted by Gasteiger charge is -2.15. The van der Waals surface area contributed by atoms with E-state index in [0.29, 0.717) is 5.69 Å². The van der Waals surface area contributed by atoms with E-state index in [1.165, 1.54) is 18.2 Å². The summed E-state index contributed by atoms with van der Waals surface area (Å²) in [6.07, 6.45) is 1.85. The van der Waals surface area contributed by atoms with Crippen LogP contribution in [-0.2, 0) is 0 Å². The first kappa shape index (κ1) is 13.9. The van der Waals surface area contributed by atoms with Crippen LogP contribution in [0.3, 0.4) is 0 Å². The van der Waals surface area contributed by atoms with E-state index in [2.05, 4.69) is 4.99 Å². The van der Waals surface area contributed by atoms with Crippen molar-refractivity contribution < 1.29 is 5.11 Å². The molecule has 0 atom stereocenters. The van der Waals surface area contributed by atoms with E-state index >= 15 is 0 Å². The van der Waals surface area contributed by atoms with Crippen molar-refractivity contribution in [3.63, 3.8) is 0 Å². The Labute approximate surface area is 121 Å². The quantitative estimate of drug-likeness (QED) is 0.378. The van der Waals surface area contributed by atoms with Crippen LogP contribution in [0.4, 0.5) is 11.4 Å². The number of aromatic hydroxyl groups is 1. The van der Waals surface area contributed by atoms with Crippen molar-refractivity contribution in [1.29, 1.82) is 10.5 Å². The van der Waals surface area contributed by atoms with Gasteiger partial charge in [-0.1, -0.05) is 18.2 Å². The molecule has 6 heteroatoms. The normalized spacial score (nSPS) is 10.5. The first-order chi connectivity index (χ1) is 10.2. The molecule has 0 spiro atoms. The van der Waals surface area contributed by atoms with Crippen LogP contribution in [0.15, 0.2) is 53.5 Å². The molecule has 21 heavy (non-hydrogen) atoms. The fraction of sp³-hybridized carbons (Fsp3) is 0. The van der Waals surface area contributed by atoms with Gasteiger partial charge in [-0.2, -0.15) is 10.5 Å². The summed E-state index contributed by atoms with van der Waals surface area (Å²) >= 11 is 0. The van der Waals surface area contributed by atoms with Crippen LogP contribution in [0.1, 0.15) is 5.56 Å². The number of phenolic OH excluding ortho intramolecular Hbond substituents is 1. The summed E-state index contributed by atoms with van der Waals surface area (Å²) in [7, 11) is 0. The third-order valence-electron chi connectivity index (χ3n) is 2.67. The average Bonchev–Trinajstić information content (AvgIpc) is 2.50. The predicted octanol–water partition coefficient (Wildman–Crippen LogP) is 2.20. The van der Waals surface area contributed by atoms with Gasteiger partial charge in [0.25, 0.3) is 0 Å². The van der Waals surface area contributed by atoms with Crippen molar-refractivity contribution in [3.05, 3.63) is 54.1 Å². The topological polar surface area (TPSA) is 109 Å². The predicted molar refractivity (Wildman–Crippen MR) is 78.6 cm³/mol. The van der Waals surface area contributed by atoms with Gasteiger partial charge in [0.05, 0.1) is 17.3 Å². The summed E-state index contributed by atoms with van der Waals surface area (Å²) in [5.74, 6) is -0.300. The first-order valence-corrected chi connectivity index (χ1v) is 5.98. The Balaban J connectivity index is 2.39. The van der Waals surface area contributed by atoms with Gasteiger partial charge >= 0.3 is 0 Å². The number of anilines is 1. The van der Waals surface area contributed by atoms with E-state index in [0.717, 1.165) is 4.90 Å². The summed E-state index contributed by atoms with van der Waals surface area (Å²) in [6, 6.07) is 15.0. The number of guanidine groups is 1. The molecule has 2 aromatic carbocycles. The van der Waals surface area contributed by atoms with Gasteiger partial charge < -0.3 is 10.8 Å². The SMILES string of the molecule is N#Cc1ccc(N(C#N)C(N)=Nc2ccccc2)c(O)c1. The molecule has 2 rings (SSSR count). The van der Waals surface area contributed by atoms with Crippen molar-refractivity contribution in [3.8, 4) is 18.0 Å². The molecule has 3 N–H and O–H groups in total. The van der Waals surface area contributed by atoms with E-state index < -0.39 is 0 Å². The average molecular weight is 277 g/mol. The fourth-order valence-corrected chi connectivity index (χ4v) is 1.70. The number of rotatable bonds is 2. The molecule has 0 aliphatic heterocycles. The number of hydrogen-bond donors (Lipinski definition) is 2. The van der Waals surface area contributed by atoms with Crippen molar-refractivity contribution in [1.82, 2.24) is 0 Å². The van der Waals surface area contributed by atoms with E-state index in [-0.39, 0.29) is 23.0 Å². The maximum Gasteiger partial charge on any atom is 0.214 e. The number of benzene rings is 2. The molecule has 0 aliphatic rings. The monoisotopic (exact) mass is 277 g/mol. The highest BCUT2D eigenvalue weighted by Gasteiger charge is 2.15.